The van der Waals surface area contributed by atoms with Gasteiger partial charge < -0.3 is 5.73 Å². The minimum atomic E-state index is 0.330. The van der Waals surface area contributed by atoms with Gasteiger partial charge in [0, 0.05) is 24.7 Å². The third kappa shape index (κ3) is 2.12. The van der Waals surface area contributed by atoms with Crippen LogP contribution in [0.3, 0.4) is 0 Å². The van der Waals surface area contributed by atoms with Crippen LogP contribution in [0.5, 0.6) is 0 Å². The zero-order valence-electron chi connectivity index (χ0n) is 10.4. The van der Waals surface area contributed by atoms with E-state index in [0.29, 0.717) is 5.54 Å². The van der Waals surface area contributed by atoms with E-state index in [-0.39, 0.29) is 0 Å². The Morgan fingerprint density at radius 1 is 1.18 bits per heavy atom. The summed E-state index contributed by atoms with van der Waals surface area (Å²) in [5, 5.41) is 0. The van der Waals surface area contributed by atoms with E-state index in [0.717, 1.165) is 19.1 Å². The average Bonchev–Trinajstić information content (AvgIpc) is 3.12. The lowest BCUT2D eigenvalue weighted by molar-refractivity contribution is 0.00909. The van der Waals surface area contributed by atoms with Crippen molar-refractivity contribution in [1.29, 1.82) is 0 Å². The molecule has 0 amide bonds. The third-order valence-corrected chi connectivity index (χ3v) is 4.46. The minimum Gasteiger partial charge on any atom is -0.329 e. The quantitative estimate of drug-likeness (QED) is 0.842. The third-order valence-electron chi connectivity index (χ3n) is 4.46. The van der Waals surface area contributed by atoms with Crippen molar-refractivity contribution in [1.82, 2.24) is 4.90 Å². The SMILES string of the molecule is NCC1(N(Cc2ccccc2)C2CC2)CCC1. The van der Waals surface area contributed by atoms with E-state index in [1.807, 2.05) is 0 Å². The number of hydrogen-bond donors (Lipinski definition) is 1. The van der Waals surface area contributed by atoms with Gasteiger partial charge in [-0.2, -0.15) is 0 Å². The predicted octanol–water partition coefficient (Wildman–Crippen LogP) is 2.53. The molecule has 0 heterocycles. The van der Waals surface area contributed by atoms with Gasteiger partial charge in [0.15, 0.2) is 0 Å². The second-order valence-corrected chi connectivity index (χ2v) is 5.63. The van der Waals surface area contributed by atoms with Crippen LogP contribution in [0.2, 0.25) is 0 Å². The van der Waals surface area contributed by atoms with E-state index < -0.39 is 0 Å². The smallest absolute Gasteiger partial charge is 0.0338 e. The molecule has 2 heteroatoms. The zero-order chi connectivity index (χ0) is 11.7. The maximum Gasteiger partial charge on any atom is 0.0338 e. The molecule has 1 aromatic carbocycles. The predicted molar refractivity (Wildman–Crippen MR) is 70.6 cm³/mol. The first-order valence-corrected chi connectivity index (χ1v) is 6.85. The monoisotopic (exact) mass is 230 g/mol. The van der Waals surface area contributed by atoms with Crippen molar-refractivity contribution in [3.63, 3.8) is 0 Å². The van der Waals surface area contributed by atoms with Crippen molar-refractivity contribution in [2.24, 2.45) is 5.73 Å². The van der Waals surface area contributed by atoms with Crippen LogP contribution in [0.15, 0.2) is 30.3 Å². The minimum absolute atomic E-state index is 0.330. The van der Waals surface area contributed by atoms with Gasteiger partial charge in [-0.15, -0.1) is 0 Å². The molecular formula is C15H22N2. The van der Waals surface area contributed by atoms with Gasteiger partial charge >= 0.3 is 0 Å². The molecule has 0 aromatic heterocycles. The van der Waals surface area contributed by atoms with Crippen molar-refractivity contribution in [2.75, 3.05) is 6.54 Å². The van der Waals surface area contributed by atoms with Gasteiger partial charge in [-0.05, 0) is 37.7 Å². The van der Waals surface area contributed by atoms with Gasteiger partial charge in [0.05, 0.1) is 0 Å². The summed E-state index contributed by atoms with van der Waals surface area (Å²) in [7, 11) is 0. The highest BCUT2D eigenvalue weighted by molar-refractivity contribution is 5.17. The molecule has 0 aliphatic heterocycles. The fourth-order valence-electron chi connectivity index (χ4n) is 3.04. The second-order valence-electron chi connectivity index (χ2n) is 5.63. The summed E-state index contributed by atoms with van der Waals surface area (Å²) in [6.45, 7) is 1.92. The molecule has 3 rings (SSSR count). The van der Waals surface area contributed by atoms with Gasteiger partial charge in [-0.1, -0.05) is 30.3 Å². The van der Waals surface area contributed by atoms with E-state index in [1.165, 1.54) is 37.7 Å². The molecule has 2 N–H and O–H groups in total. The highest BCUT2D eigenvalue weighted by atomic mass is 15.3. The number of hydrogen-bond acceptors (Lipinski definition) is 2. The maximum atomic E-state index is 6.05. The van der Waals surface area contributed by atoms with Crippen molar-refractivity contribution < 1.29 is 0 Å². The molecular weight excluding hydrogens is 208 g/mol. The number of nitrogens with two attached hydrogens (primary N) is 1. The molecule has 17 heavy (non-hydrogen) atoms. The van der Waals surface area contributed by atoms with Crippen LogP contribution < -0.4 is 5.73 Å². The molecule has 0 saturated heterocycles. The van der Waals surface area contributed by atoms with Crippen molar-refractivity contribution in [3.8, 4) is 0 Å². The summed E-state index contributed by atoms with van der Waals surface area (Å²) >= 11 is 0. The molecule has 0 spiro atoms. The summed E-state index contributed by atoms with van der Waals surface area (Å²) in [6.07, 6.45) is 6.69. The van der Waals surface area contributed by atoms with Gasteiger partial charge in [0.25, 0.3) is 0 Å². The Balaban J connectivity index is 1.76. The Morgan fingerprint density at radius 3 is 2.35 bits per heavy atom. The van der Waals surface area contributed by atoms with Crippen molar-refractivity contribution in [2.45, 2.75) is 50.2 Å². The summed E-state index contributed by atoms with van der Waals surface area (Å²) in [5.41, 5.74) is 7.81. The van der Waals surface area contributed by atoms with Crippen LogP contribution in [0.25, 0.3) is 0 Å². The summed E-state index contributed by atoms with van der Waals surface area (Å²) in [5.74, 6) is 0. The van der Waals surface area contributed by atoms with Gasteiger partial charge in [-0.25, -0.2) is 0 Å². The molecule has 2 aliphatic rings. The van der Waals surface area contributed by atoms with E-state index in [1.54, 1.807) is 0 Å². The standard InChI is InChI=1S/C15H22N2/c16-12-15(9-4-10-15)17(14-7-8-14)11-13-5-2-1-3-6-13/h1-3,5-6,14H,4,7-12,16H2. The first-order valence-electron chi connectivity index (χ1n) is 6.85. The second kappa shape index (κ2) is 4.43. The molecule has 0 radical (unpaired) electrons. The van der Waals surface area contributed by atoms with E-state index >= 15 is 0 Å². The first kappa shape index (κ1) is 11.2. The van der Waals surface area contributed by atoms with Crippen LogP contribution in [0, 0.1) is 0 Å². The Hall–Kier alpha value is -0.860. The summed E-state index contributed by atoms with van der Waals surface area (Å²) in [6, 6.07) is 11.6. The summed E-state index contributed by atoms with van der Waals surface area (Å²) < 4.78 is 0. The normalized spacial score (nSPS) is 22.5. The Labute approximate surface area is 104 Å². The van der Waals surface area contributed by atoms with Gasteiger partial charge in [0.1, 0.15) is 0 Å². The molecule has 92 valence electrons. The molecule has 0 bridgehead atoms. The van der Waals surface area contributed by atoms with Crippen LogP contribution in [-0.2, 0) is 6.54 Å². The number of nitrogens with zero attached hydrogens (tertiary/aromatic N) is 1. The van der Waals surface area contributed by atoms with E-state index in [4.69, 9.17) is 5.73 Å². The molecule has 2 aliphatic carbocycles. The lowest BCUT2D eigenvalue weighted by Gasteiger charge is -2.50. The van der Waals surface area contributed by atoms with Crippen LogP contribution in [-0.4, -0.2) is 23.0 Å². The zero-order valence-corrected chi connectivity index (χ0v) is 10.4. The lowest BCUT2D eigenvalue weighted by Crippen LogP contribution is -2.58. The topological polar surface area (TPSA) is 29.3 Å². The molecule has 2 fully saturated rings. The molecule has 2 nitrogen and oxygen atoms in total. The van der Waals surface area contributed by atoms with Gasteiger partial charge in [0.2, 0.25) is 0 Å². The molecule has 1 aromatic rings. The molecule has 0 unspecified atom stereocenters. The Morgan fingerprint density at radius 2 is 1.88 bits per heavy atom. The molecule has 2 saturated carbocycles. The number of rotatable bonds is 5. The van der Waals surface area contributed by atoms with Gasteiger partial charge in [-0.3, -0.25) is 4.90 Å². The Kier molecular flexibility index (Phi) is 2.93. The Bertz CT molecular complexity index is 360. The fraction of sp³-hybridized carbons (Fsp3) is 0.600. The van der Waals surface area contributed by atoms with Crippen LogP contribution in [0.1, 0.15) is 37.7 Å². The summed E-state index contributed by atoms with van der Waals surface area (Å²) in [4.78, 5) is 2.70. The fourth-order valence-corrected chi connectivity index (χ4v) is 3.04. The van der Waals surface area contributed by atoms with Crippen molar-refractivity contribution >= 4 is 0 Å². The average molecular weight is 230 g/mol. The number of benzene rings is 1. The largest absolute Gasteiger partial charge is 0.329 e. The lowest BCUT2D eigenvalue weighted by atomic mass is 9.75. The van der Waals surface area contributed by atoms with E-state index in [9.17, 15) is 0 Å². The van der Waals surface area contributed by atoms with E-state index in [2.05, 4.69) is 35.2 Å². The highest BCUT2D eigenvalue weighted by Gasteiger charge is 2.46. The van der Waals surface area contributed by atoms with Crippen LogP contribution >= 0.6 is 0 Å². The first-order chi connectivity index (χ1) is 8.34. The maximum absolute atomic E-state index is 6.05. The molecule has 0 atom stereocenters. The van der Waals surface area contributed by atoms with Crippen LogP contribution in [0.4, 0.5) is 0 Å². The van der Waals surface area contributed by atoms with Crippen molar-refractivity contribution in [3.05, 3.63) is 35.9 Å². The highest BCUT2D eigenvalue weighted by Crippen LogP contribution is 2.44.